The second-order valence-corrected chi connectivity index (χ2v) is 5.95. The third kappa shape index (κ3) is 5.03. The molecule has 0 spiro atoms. The van der Waals surface area contributed by atoms with Crippen LogP contribution in [-0.2, 0) is 16.1 Å². The Hall–Kier alpha value is -1.43. The first-order valence-corrected chi connectivity index (χ1v) is 8.32. The molecule has 2 saturated heterocycles. The number of hydrogen-bond acceptors (Lipinski definition) is 6. The SMILES string of the molecule is CN=C(NCc1nc(C)no1)N1CCN(C(=O)C2CCCO2)CC1.I. The third-order valence-electron chi connectivity index (χ3n) is 4.28. The fourth-order valence-corrected chi connectivity index (χ4v) is 3.01. The van der Waals surface area contributed by atoms with E-state index in [1.165, 1.54) is 0 Å². The Kier molecular flexibility index (Phi) is 7.41. The van der Waals surface area contributed by atoms with Crippen LogP contribution >= 0.6 is 24.0 Å². The van der Waals surface area contributed by atoms with Crippen molar-refractivity contribution in [1.29, 1.82) is 0 Å². The minimum atomic E-state index is -0.241. The molecule has 1 N–H and O–H groups in total. The van der Waals surface area contributed by atoms with Crippen LogP contribution in [0.5, 0.6) is 0 Å². The van der Waals surface area contributed by atoms with Gasteiger partial charge in [0.25, 0.3) is 5.91 Å². The first-order valence-electron chi connectivity index (χ1n) is 8.32. The van der Waals surface area contributed by atoms with Gasteiger partial charge in [-0.2, -0.15) is 4.98 Å². The summed E-state index contributed by atoms with van der Waals surface area (Å²) < 4.78 is 10.6. The second-order valence-electron chi connectivity index (χ2n) is 5.95. The molecule has 0 radical (unpaired) electrons. The Balaban J connectivity index is 0.00000225. The zero-order chi connectivity index (χ0) is 16.9. The number of aromatic nitrogens is 2. The van der Waals surface area contributed by atoms with Crippen LogP contribution in [0.25, 0.3) is 0 Å². The quantitative estimate of drug-likeness (QED) is 0.393. The van der Waals surface area contributed by atoms with Crippen molar-refractivity contribution < 1.29 is 14.1 Å². The van der Waals surface area contributed by atoms with E-state index in [1.54, 1.807) is 14.0 Å². The van der Waals surface area contributed by atoms with Crippen molar-refractivity contribution in [2.75, 3.05) is 39.8 Å². The molecule has 0 aliphatic carbocycles. The van der Waals surface area contributed by atoms with Crippen molar-refractivity contribution in [2.24, 2.45) is 4.99 Å². The number of amides is 1. The van der Waals surface area contributed by atoms with Gasteiger partial charge in [0.1, 0.15) is 6.10 Å². The van der Waals surface area contributed by atoms with E-state index in [1.807, 2.05) is 4.90 Å². The molecule has 0 bridgehead atoms. The van der Waals surface area contributed by atoms with Gasteiger partial charge in [-0.05, 0) is 19.8 Å². The summed E-state index contributed by atoms with van der Waals surface area (Å²) in [7, 11) is 1.74. The monoisotopic (exact) mass is 464 g/mol. The minimum absolute atomic E-state index is 0. The molecule has 1 aromatic heterocycles. The van der Waals surface area contributed by atoms with Gasteiger partial charge in [-0.1, -0.05) is 5.16 Å². The number of halogens is 1. The van der Waals surface area contributed by atoms with Crippen molar-refractivity contribution >= 4 is 35.8 Å². The highest BCUT2D eigenvalue weighted by Gasteiger charge is 2.30. The molecule has 3 rings (SSSR count). The molecule has 1 unspecified atom stereocenters. The number of ether oxygens (including phenoxy) is 1. The molecular formula is C15H25IN6O3. The minimum Gasteiger partial charge on any atom is -0.368 e. The standard InChI is InChI=1S/C15H24N6O3.HI/c1-11-18-13(24-19-11)10-17-15(16-2)21-7-5-20(6-8-21)14(22)12-4-3-9-23-12;/h12H,3-10H2,1-2H3,(H,16,17);1H. The number of nitrogens with zero attached hydrogens (tertiary/aromatic N) is 5. The summed E-state index contributed by atoms with van der Waals surface area (Å²) in [6.45, 7) is 5.75. The van der Waals surface area contributed by atoms with Crippen molar-refractivity contribution in [3.63, 3.8) is 0 Å². The molecule has 140 valence electrons. The molecule has 10 heteroatoms. The van der Waals surface area contributed by atoms with Gasteiger partial charge in [0.05, 0.1) is 6.54 Å². The van der Waals surface area contributed by atoms with Gasteiger partial charge in [-0.3, -0.25) is 9.79 Å². The smallest absolute Gasteiger partial charge is 0.251 e. The molecule has 1 amide bonds. The first kappa shape index (κ1) is 19.9. The van der Waals surface area contributed by atoms with Crippen LogP contribution in [0.4, 0.5) is 0 Å². The number of aryl methyl sites for hydroxylation is 1. The lowest BCUT2D eigenvalue weighted by Gasteiger charge is -2.37. The van der Waals surface area contributed by atoms with Crippen LogP contribution < -0.4 is 5.32 Å². The average molecular weight is 464 g/mol. The normalized spacial score (nSPS) is 21.2. The number of nitrogens with one attached hydrogen (secondary N) is 1. The van der Waals surface area contributed by atoms with E-state index in [9.17, 15) is 4.79 Å². The van der Waals surface area contributed by atoms with Crippen LogP contribution in [-0.4, -0.2) is 77.7 Å². The topological polar surface area (TPSA) is 96.1 Å². The van der Waals surface area contributed by atoms with Gasteiger partial charge in [-0.25, -0.2) is 0 Å². The molecule has 2 aliphatic rings. The first-order chi connectivity index (χ1) is 11.7. The number of carbonyl (C=O) groups is 1. The lowest BCUT2D eigenvalue weighted by Crippen LogP contribution is -2.55. The summed E-state index contributed by atoms with van der Waals surface area (Å²) in [6, 6.07) is 0. The zero-order valence-corrected chi connectivity index (χ0v) is 16.9. The van der Waals surface area contributed by atoms with E-state index in [4.69, 9.17) is 9.26 Å². The van der Waals surface area contributed by atoms with Gasteiger partial charge in [0.15, 0.2) is 11.8 Å². The predicted molar refractivity (Wildman–Crippen MR) is 102 cm³/mol. The summed E-state index contributed by atoms with van der Waals surface area (Å²) >= 11 is 0. The Bertz CT molecular complexity index is 594. The van der Waals surface area contributed by atoms with Crippen LogP contribution in [0.1, 0.15) is 24.6 Å². The Morgan fingerprint density at radius 1 is 1.32 bits per heavy atom. The highest BCUT2D eigenvalue weighted by molar-refractivity contribution is 14.0. The number of piperazine rings is 1. The number of rotatable bonds is 3. The zero-order valence-electron chi connectivity index (χ0n) is 14.6. The third-order valence-corrected chi connectivity index (χ3v) is 4.28. The summed E-state index contributed by atoms with van der Waals surface area (Å²) in [4.78, 5) is 24.8. The molecule has 1 atom stereocenters. The van der Waals surface area contributed by atoms with Crippen LogP contribution in [0, 0.1) is 6.92 Å². The van der Waals surface area contributed by atoms with Crippen molar-refractivity contribution in [3.05, 3.63) is 11.7 Å². The van der Waals surface area contributed by atoms with Gasteiger partial charge in [0, 0.05) is 39.8 Å². The average Bonchev–Trinajstić information content (AvgIpc) is 3.27. The highest BCUT2D eigenvalue weighted by Crippen LogP contribution is 2.16. The maximum atomic E-state index is 12.4. The van der Waals surface area contributed by atoms with Crippen molar-refractivity contribution in [2.45, 2.75) is 32.4 Å². The largest absolute Gasteiger partial charge is 0.368 e. The lowest BCUT2D eigenvalue weighted by molar-refractivity contribution is -0.142. The van der Waals surface area contributed by atoms with Gasteiger partial charge < -0.3 is 24.4 Å². The number of hydrogen-bond donors (Lipinski definition) is 1. The van der Waals surface area contributed by atoms with Crippen molar-refractivity contribution in [1.82, 2.24) is 25.3 Å². The molecule has 0 saturated carbocycles. The van der Waals surface area contributed by atoms with Gasteiger partial charge in [-0.15, -0.1) is 24.0 Å². The number of aliphatic imine (C=N–C) groups is 1. The van der Waals surface area contributed by atoms with Crippen LogP contribution in [0.2, 0.25) is 0 Å². The highest BCUT2D eigenvalue weighted by atomic mass is 127. The van der Waals surface area contributed by atoms with E-state index in [0.29, 0.717) is 38.0 Å². The van der Waals surface area contributed by atoms with Crippen LogP contribution in [0.15, 0.2) is 9.52 Å². The van der Waals surface area contributed by atoms with Gasteiger partial charge >= 0.3 is 0 Å². The maximum absolute atomic E-state index is 12.4. The summed E-state index contributed by atoms with van der Waals surface area (Å²) in [6.07, 6.45) is 1.57. The summed E-state index contributed by atoms with van der Waals surface area (Å²) in [5.74, 6) is 2.04. The molecule has 1 aromatic rings. The second kappa shape index (κ2) is 9.32. The molecule has 25 heavy (non-hydrogen) atoms. The fraction of sp³-hybridized carbons (Fsp3) is 0.733. The van der Waals surface area contributed by atoms with E-state index in [0.717, 1.165) is 31.9 Å². The fourth-order valence-electron chi connectivity index (χ4n) is 3.01. The molecular weight excluding hydrogens is 439 g/mol. The van der Waals surface area contributed by atoms with E-state index in [2.05, 4.69) is 25.3 Å². The lowest BCUT2D eigenvalue weighted by atomic mass is 10.2. The summed E-state index contributed by atoms with van der Waals surface area (Å²) in [5, 5.41) is 6.98. The molecule has 2 aliphatic heterocycles. The maximum Gasteiger partial charge on any atom is 0.251 e. The molecule has 0 aromatic carbocycles. The van der Waals surface area contributed by atoms with Crippen LogP contribution in [0.3, 0.4) is 0 Å². The molecule has 9 nitrogen and oxygen atoms in total. The number of carbonyl (C=O) groups excluding carboxylic acids is 1. The van der Waals surface area contributed by atoms with E-state index < -0.39 is 0 Å². The van der Waals surface area contributed by atoms with E-state index >= 15 is 0 Å². The predicted octanol–water partition coefficient (Wildman–Crippen LogP) is 0.395. The Morgan fingerprint density at radius 2 is 2.04 bits per heavy atom. The Labute approximate surface area is 164 Å². The van der Waals surface area contributed by atoms with Gasteiger partial charge in [0.2, 0.25) is 5.89 Å². The number of guanidine groups is 1. The van der Waals surface area contributed by atoms with Crippen molar-refractivity contribution in [3.8, 4) is 0 Å². The summed E-state index contributed by atoms with van der Waals surface area (Å²) in [5.41, 5.74) is 0. The molecule has 2 fully saturated rings. The van der Waals surface area contributed by atoms with E-state index in [-0.39, 0.29) is 36.0 Å². The Morgan fingerprint density at radius 3 is 2.60 bits per heavy atom. The molecule has 3 heterocycles.